The summed E-state index contributed by atoms with van der Waals surface area (Å²) in [7, 11) is 0. The van der Waals surface area contributed by atoms with Gasteiger partial charge in [-0.15, -0.1) is 0 Å². The number of unbranched alkanes of at least 4 members (excludes halogenated alkanes) is 3. The van der Waals surface area contributed by atoms with Crippen molar-refractivity contribution in [1.29, 1.82) is 0 Å². The van der Waals surface area contributed by atoms with Crippen molar-refractivity contribution in [2.45, 2.75) is 150 Å². The van der Waals surface area contributed by atoms with E-state index in [4.69, 9.17) is 4.74 Å². The molecule has 0 spiro atoms. The molecule has 0 aromatic heterocycles. The average molecular weight is 573 g/mol. The summed E-state index contributed by atoms with van der Waals surface area (Å²) in [4.78, 5) is 0. The maximum atomic E-state index is 5.88. The highest BCUT2D eigenvalue weighted by molar-refractivity contribution is 5.34. The zero-order chi connectivity index (χ0) is 29.7. The maximum absolute atomic E-state index is 5.88. The van der Waals surface area contributed by atoms with Crippen molar-refractivity contribution < 1.29 is 4.74 Å². The van der Waals surface area contributed by atoms with E-state index < -0.39 is 0 Å². The summed E-state index contributed by atoms with van der Waals surface area (Å²) < 4.78 is 5.88. The van der Waals surface area contributed by atoms with Gasteiger partial charge < -0.3 is 4.74 Å². The fourth-order valence-electron chi connectivity index (χ4n) is 8.13. The van der Waals surface area contributed by atoms with Crippen LogP contribution in [0.4, 0.5) is 0 Å². The molecule has 42 heavy (non-hydrogen) atoms. The quantitative estimate of drug-likeness (QED) is 0.257. The summed E-state index contributed by atoms with van der Waals surface area (Å²) in [5, 5.41) is 0. The monoisotopic (exact) mass is 572 g/mol. The summed E-state index contributed by atoms with van der Waals surface area (Å²) in [6, 6.07) is 15.1. The average Bonchev–Trinajstić information content (AvgIpc) is 3.02. The van der Waals surface area contributed by atoms with Crippen LogP contribution < -0.4 is 4.74 Å². The first-order valence-electron chi connectivity index (χ1n) is 18.2. The van der Waals surface area contributed by atoms with Gasteiger partial charge in [-0.25, -0.2) is 0 Å². The van der Waals surface area contributed by atoms with Crippen molar-refractivity contribution >= 4 is 0 Å². The van der Waals surface area contributed by atoms with Crippen LogP contribution >= 0.6 is 0 Å². The second-order valence-corrected chi connectivity index (χ2v) is 14.9. The van der Waals surface area contributed by atoms with Crippen LogP contribution in [0, 0.1) is 49.4 Å². The van der Waals surface area contributed by atoms with Crippen molar-refractivity contribution in [1.82, 2.24) is 0 Å². The molecular formula is C41H64O. The van der Waals surface area contributed by atoms with E-state index in [0.29, 0.717) is 6.61 Å². The van der Waals surface area contributed by atoms with Crippen molar-refractivity contribution in [2.24, 2.45) is 35.5 Å². The van der Waals surface area contributed by atoms with Crippen molar-refractivity contribution in [2.75, 3.05) is 0 Å². The maximum Gasteiger partial charge on any atom is 0.120 e. The Balaban J connectivity index is 0.000000193. The van der Waals surface area contributed by atoms with Gasteiger partial charge in [-0.1, -0.05) is 96.0 Å². The predicted molar refractivity (Wildman–Crippen MR) is 182 cm³/mol. The van der Waals surface area contributed by atoms with Crippen LogP contribution in [0.5, 0.6) is 5.75 Å². The van der Waals surface area contributed by atoms with E-state index in [0.717, 1.165) is 41.3 Å². The molecule has 0 amide bonds. The largest absolute Gasteiger partial charge is 0.489 e. The van der Waals surface area contributed by atoms with Crippen molar-refractivity contribution in [3.63, 3.8) is 0 Å². The lowest BCUT2D eigenvalue weighted by atomic mass is 9.65. The van der Waals surface area contributed by atoms with Crippen LogP contribution in [-0.4, -0.2) is 0 Å². The number of benzene rings is 2. The molecule has 2 aromatic rings. The number of ether oxygens (including phenoxy) is 1. The molecule has 3 fully saturated rings. The Morgan fingerprint density at radius 2 is 1.02 bits per heavy atom. The molecular weight excluding hydrogens is 508 g/mol. The molecule has 5 rings (SSSR count). The van der Waals surface area contributed by atoms with Gasteiger partial charge in [0.25, 0.3) is 0 Å². The topological polar surface area (TPSA) is 9.23 Å². The van der Waals surface area contributed by atoms with Gasteiger partial charge in [0.1, 0.15) is 12.4 Å². The van der Waals surface area contributed by atoms with E-state index >= 15 is 0 Å². The van der Waals surface area contributed by atoms with E-state index in [1.807, 2.05) is 6.07 Å². The molecule has 0 saturated heterocycles. The van der Waals surface area contributed by atoms with E-state index in [-0.39, 0.29) is 0 Å². The Morgan fingerprint density at radius 1 is 0.548 bits per heavy atom. The first-order valence-corrected chi connectivity index (χ1v) is 18.2. The highest BCUT2D eigenvalue weighted by Crippen LogP contribution is 2.45. The Morgan fingerprint density at radius 3 is 1.50 bits per heavy atom. The Kier molecular flexibility index (Phi) is 13.8. The van der Waals surface area contributed by atoms with Gasteiger partial charge in [0.15, 0.2) is 0 Å². The second kappa shape index (κ2) is 17.5. The fraction of sp³-hybridized carbons (Fsp3) is 0.707. The fourth-order valence-corrected chi connectivity index (χ4v) is 8.13. The minimum atomic E-state index is 0.638. The second-order valence-electron chi connectivity index (χ2n) is 14.9. The third kappa shape index (κ3) is 10.7. The standard InChI is InChI=1S/C21H28O.C20H36/c1-4-5-6-7-8-19-10-12-20(13-11-19)16-22-21-14-9-17(2)18(3)15-21;1-15-3-7-17(8-4-15)19-11-13-20(14-12-19)18-9-5-16(2)6-10-18/h9-15H,4-8,16H2,1-3H3;15-20H,3-14H2,1-2H3. The molecule has 0 radical (unpaired) electrons. The first kappa shape index (κ1) is 33.1. The highest BCUT2D eigenvalue weighted by Gasteiger charge is 2.33. The minimum Gasteiger partial charge on any atom is -0.489 e. The summed E-state index contributed by atoms with van der Waals surface area (Å²) in [5.74, 6) is 7.44. The number of aryl methyl sites for hydroxylation is 3. The molecule has 1 heteroatoms. The molecule has 3 aliphatic rings. The van der Waals surface area contributed by atoms with Crippen LogP contribution in [0.15, 0.2) is 42.5 Å². The Bertz CT molecular complexity index is 968. The summed E-state index contributed by atoms with van der Waals surface area (Å²) >= 11 is 0. The summed E-state index contributed by atoms with van der Waals surface area (Å²) in [6.07, 6.45) is 25.1. The SMILES string of the molecule is CC1CCC(C2CCC(C3CCC(C)CC3)CC2)CC1.CCCCCCc1ccc(COc2ccc(C)c(C)c2)cc1. The van der Waals surface area contributed by atoms with Gasteiger partial charge in [0.05, 0.1) is 0 Å². The minimum absolute atomic E-state index is 0.638. The number of hydrogen-bond acceptors (Lipinski definition) is 1. The molecule has 0 aliphatic heterocycles. The van der Waals surface area contributed by atoms with Crippen LogP contribution in [0.1, 0.15) is 146 Å². The summed E-state index contributed by atoms with van der Waals surface area (Å²) in [6.45, 7) is 12.0. The lowest BCUT2D eigenvalue weighted by Crippen LogP contribution is -2.29. The van der Waals surface area contributed by atoms with Crippen LogP contribution in [0.2, 0.25) is 0 Å². The Hall–Kier alpha value is -1.76. The zero-order valence-corrected chi connectivity index (χ0v) is 28.1. The lowest BCUT2D eigenvalue weighted by Gasteiger charge is -2.41. The third-order valence-corrected chi connectivity index (χ3v) is 11.5. The molecule has 0 N–H and O–H groups in total. The molecule has 234 valence electrons. The predicted octanol–water partition coefficient (Wildman–Crippen LogP) is 12.5. The zero-order valence-electron chi connectivity index (χ0n) is 28.1. The molecule has 0 unspecified atom stereocenters. The normalized spacial score (nSPS) is 28.0. The van der Waals surface area contributed by atoms with Gasteiger partial charge in [0.2, 0.25) is 0 Å². The van der Waals surface area contributed by atoms with Gasteiger partial charge in [0, 0.05) is 0 Å². The summed E-state index contributed by atoms with van der Waals surface area (Å²) in [5.41, 5.74) is 5.25. The van der Waals surface area contributed by atoms with Crippen LogP contribution in [0.3, 0.4) is 0 Å². The first-order chi connectivity index (χ1) is 20.4. The van der Waals surface area contributed by atoms with Gasteiger partial charge in [-0.2, -0.15) is 0 Å². The molecule has 0 heterocycles. The molecule has 3 saturated carbocycles. The molecule has 3 aliphatic carbocycles. The van der Waals surface area contributed by atoms with E-state index in [9.17, 15) is 0 Å². The van der Waals surface area contributed by atoms with E-state index in [1.54, 1.807) is 51.4 Å². The third-order valence-electron chi connectivity index (χ3n) is 11.5. The van der Waals surface area contributed by atoms with Gasteiger partial charge in [-0.3, -0.25) is 0 Å². The van der Waals surface area contributed by atoms with Crippen molar-refractivity contribution in [3.8, 4) is 5.75 Å². The van der Waals surface area contributed by atoms with E-state index in [2.05, 4.69) is 71.0 Å². The van der Waals surface area contributed by atoms with Crippen molar-refractivity contribution in [3.05, 3.63) is 64.7 Å². The van der Waals surface area contributed by atoms with Crippen LogP contribution in [0.25, 0.3) is 0 Å². The number of hydrogen-bond donors (Lipinski definition) is 0. The number of rotatable bonds is 10. The molecule has 0 bridgehead atoms. The lowest BCUT2D eigenvalue weighted by molar-refractivity contribution is 0.108. The molecule has 1 nitrogen and oxygen atoms in total. The molecule has 0 atom stereocenters. The Labute approximate surface area is 260 Å². The van der Waals surface area contributed by atoms with Crippen LogP contribution in [-0.2, 0) is 13.0 Å². The van der Waals surface area contributed by atoms with Gasteiger partial charge in [-0.05, 0) is 148 Å². The molecule has 2 aromatic carbocycles. The smallest absolute Gasteiger partial charge is 0.120 e. The van der Waals surface area contributed by atoms with E-state index in [1.165, 1.54) is 80.0 Å². The highest BCUT2D eigenvalue weighted by atomic mass is 16.5. The van der Waals surface area contributed by atoms with Gasteiger partial charge >= 0.3 is 0 Å².